The van der Waals surface area contributed by atoms with Crippen LogP contribution in [0.5, 0.6) is 5.88 Å². The molecule has 0 aromatic carbocycles. The van der Waals surface area contributed by atoms with E-state index in [-0.39, 0.29) is 29.0 Å². The van der Waals surface area contributed by atoms with Crippen LogP contribution in [0.15, 0.2) is 21.9 Å². The van der Waals surface area contributed by atoms with Gasteiger partial charge in [-0.3, -0.25) is 15.2 Å². The van der Waals surface area contributed by atoms with E-state index in [1.165, 1.54) is 18.4 Å². The lowest BCUT2D eigenvalue weighted by Crippen LogP contribution is -1.93. The first-order valence-electron chi connectivity index (χ1n) is 5.35. The zero-order valence-corrected chi connectivity index (χ0v) is 10.9. The highest BCUT2D eigenvalue weighted by Crippen LogP contribution is 2.35. The van der Waals surface area contributed by atoms with E-state index < -0.39 is 4.92 Å². The standard InChI is InChI=1S/C10H7N5O4S/c1-18-10-7(15(16)17)6(11-14-10)9-13-12-8(19-9)5-3-2-4-20-5/h2-4H,1H3,(H,11,14). The molecule has 1 N–H and O–H groups in total. The second-order valence-corrected chi connectivity index (χ2v) is 4.55. The summed E-state index contributed by atoms with van der Waals surface area (Å²) in [5, 5.41) is 26.7. The molecule has 0 unspecified atom stereocenters. The van der Waals surface area contributed by atoms with E-state index in [2.05, 4.69) is 20.4 Å². The van der Waals surface area contributed by atoms with E-state index in [9.17, 15) is 10.1 Å². The molecule has 20 heavy (non-hydrogen) atoms. The molecular weight excluding hydrogens is 286 g/mol. The first kappa shape index (κ1) is 12.3. The van der Waals surface area contributed by atoms with Gasteiger partial charge in [-0.15, -0.1) is 26.6 Å². The lowest BCUT2D eigenvalue weighted by Gasteiger charge is -1.92. The minimum atomic E-state index is -0.618. The summed E-state index contributed by atoms with van der Waals surface area (Å²) in [7, 11) is 1.29. The molecule has 3 heterocycles. The van der Waals surface area contributed by atoms with Gasteiger partial charge in [-0.1, -0.05) is 6.07 Å². The van der Waals surface area contributed by atoms with Gasteiger partial charge in [0.1, 0.15) is 0 Å². The number of aromatic nitrogens is 4. The van der Waals surface area contributed by atoms with E-state index in [4.69, 9.17) is 9.15 Å². The summed E-state index contributed by atoms with van der Waals surface area (Å²) < 4.78 is 10.2. The average molecular weight is 293 g/mol. The second kappa shape index (κ2) is 4.74. The summed E-state index contributed by atoms with van der Waals surface area (Å²) >= 11 is 1.42. The van der Waals surface area contributed by atoms with Gasteiger partial charge in [-0.25, -0.2) is 0 Å². The smallest absolute Gasteiger partial charge is 0.362 e. The first-order valence-corrected chi connectivity index (χ1v) is 6.23. The van der Waals surface area contributed by atoms with Crippen LogP contribution in [0.4, 0.5) is 5.69 Å². The number of ether oxygens (including phenoxy) is 1. The number of H-pyrrole nitrogens is 1. The molecule has 102 valence electrons. The molecule has 0 aliphatic carbocycles. The van der Waals surface area contributed by atoms with Crippen LogP contribution in [0, 0.1) is 10.1 Å². The van der Waals surface area contributed by atoms with E-state index in [1.54, 1.807) is 0 Å². The van der Waals surface area contributed by atoms with E-state index >= 15 is 0 Å². The molecule has 0 radical (unpaired) electrons. The quantitative estimate of drug-likeness (QED) is 0.577. The van der Waals surface area contributed by atoms with Crippen LogP contribution in [-0.4, -0.2) is 32.4 Å². The van der Waals surface area contributed by atoms with E-state index in [1.807, 2.05) is 17.5 Å². The molecule has 3 rings (SSSR count). The third-order valence-corrected chi connectivity index (χ3v) is 3.31. The summed E-state index contributed by atoms with van der Waals surface area (Å²) in [5.41, 5.74) is -0.323. The Labute approximate surface area is 115 Å². The zero-order valence-electron chi connectivity index (χ0n) is 10.1. The third-order valence-electron chi connectivity index (χ3n) is 2.46. The highest BCUT2D eigenvalue weighted by Gasteiger charge is 2.30. The van der Waals surface area contributed by atoms with Gasteiger partial charge >= 0.3 is 11.6 Å². The highest BCUT2D eigenvalue weighted by molar-refractivity contribution is 7.13. The van der Waals surface area contributed by atoms with Gasteiger partial charge in [0, 0.05) is 0 Å². The number of thiophene rings is 1. The first-order chi connectivity index (χ1) is 9.70. The topological polar surface area (TPSA) is 120 Å². The van der Waals surface area contributed by atoms with Gasteiger partial charge in [0.05, 0.1) is 16.9 Å². The van der Waals surface area contributed by atoms with Crippen molar-refractivity contribution in [2.75, 3.05) is 7.11 Å². The summed E-state index contributed by atoms with van der Waals surface area (Å²) in [6.45, 7) is 0. The summed E-state index contributed by atoms with van der Waals surface area (Å²) in [6.07, 6.45) is 0. The fourth-order valence-corrected chi connectivity index (χ4v) is 2.25. The maximum absolute atomic E-state index is 11.0. The third kappa shape index (κ3) is 1.91. The summed E-state index contributed by atoms with van der Waals surface area (Å²) in [5.74, 6) is 0.134. The van der Waals surface area contributed by atoms with Gasteiger partial charge in [0.25, 0.3) is 11.8 Å². The maximum atomic E-state index is 11.0. The Hall–Kier alpha value is -2.75. The molecule has 0 aliphatic rings. The highest BCUT2D eigenvalue weighted by atomic mass is 32.1. The number of aromatic amines is 1. The van der Waals surface area contributed by atoms with Crippen molar-refractivity contribution >= 4 is 17.0 Å². The van der Waals surface area contributed by atoms with Crippen molar-refractivity contribution in [3.63, 3.8) is 0 Å². The lowest BCUT2D eigenvalue weighted by molar-refractivity contribution is -0.385. The number of rotatable bonds is 4. The van der Waals surface area contributed by atoms with Crippen molar-refractivity contribution < 1.29 is 14.1 Å². The Morgan fingerprint density at radius 2 is 2.25 bits per heavy atom. The Balaban J connectivity index is 2.06. The summed E-state index contributed by atoms with van der Waals surface area (Å²) in [6, 6.07) is 3.65. The molecule has 9 nitrogen and oxygen atoms in total. The van der Waals surface area contributed by atoms with E-state index in [0.29, 0.717) is 0 Å². The van der Waals surface area contributed by atoms with Gasteiger partial charge in [0.15, 0.2) is 0 Å². The molecule has 0 amide bonds. The van der Waals surface area contributed by atoms with Crippen molar-refractivity contribution in [2.24, 2.45) is 0 Å². The SMILES string of the molecule is COc1n[nH]c(-c2nnc(-c3cccs3)o2)c1[N+](=O)[O-]. The number of nitrogens with one attached hydrogen (secondary N) is 1. The van der Waals surface area contributed by atoms with E-state index in [0.717, 1.165) is 4.88 Å². The minimum Gasteiger partial charge on any atom is -0.475 e. The average Bonchev–Trinajstić information content (AvgIpc) is 3.16. The number of hydrogen-bond acceptors (Lipinski definition) is 8. The molecular formula is C10H7N5O4S. The van der Waals surface area contributed by atoms with Crippen molar-refractivity contribution in [1.29, 1.82) is 0 Å². The van der Waals surface area contributed by atoms with Gasteiger partial charge in [-0.05, 0) is 11.4 Å². The summed E-state index contributed by atoms with van der Waals surface area (Å²) in [4.78, 5) is 11.2. The molecule has 3 aromatic heterocycles. The minimum absolute atomic E-state index is 0.0159. The Kier molecular flexibility index (Phi) is 2.91. The fraction of sp³-hybridized carbons (Fsp3) is 0.100. The largest absolute Gasteiger partial charge is 0.475 e. The van der Waals surface area contributed by atoms with Crippen molar-refractivity contribution in [3.8, 4) is 28.2 Å². The molecule has 0 atom stereocenters. The number of hydrogen-bond donors (Lipinski definition) is 1. The molecule has 0 saturated heterocycles. The van der Waals surface area contributed by atoms with Crippen LogP contribution in [0.2, 0.25) is 0 Å². The normalized spacial score (nSPS) is 10.7. The van der Waals surface area contributed by atoms with Crippen LogP contribution < -0.4 is 4.74 Å². The fourth-order valence-electron chi connectivity index (χ4n) is 1.60. The van der Waals surface area contributed by atoms with Crippen LogP contribution in [0.1, 0.15) is 0 Å². The van der Waals surface area contributed by atoms with Crippen LogP contribution >= 0.6 is 11.3 Å². The number of nitro groups is 1. The molecule has 0 saturated carbocycles. The van der Waals surface area contributed by atoms with Crippen LogP contribution in [0.3, 0.4) is 0 Å². The lowest BCUT2D eigenvalue weighted by atomic mass is 10.3. The molecule has 0 spiro atoms. The molecule has 10 heteroatoms. The molecule has 0 aliphatic heterocycles. The molecule has 3 aromatic rings. The predicted molar refractivity (Wildman–Crippen MR) is 68.4 cm³/mol. The Bertz CT molecular complexity index is 748. The van der Waals surface area contributed by atoms with Crippen molar-refractivity contribution in [2.45, 2.75) is 0 Å². The van der Waals surface area contributed by atoms with Crippen molar-refractivity contribution in [3.05, 3.63) is 27.6 Å². The Morgan fingerprint density at radius 3 is 2.90 bits per heavy atom. The number of methoxy groups -OCH3 is 1. The monoisotopic (exact) mass is 293 g/mol. The van der Waals surface area contributed by atoms with Gasteiger partial charge in [0.2, 0.25) is 5.69 Å². The van der Waals surface area contributed by atoms with Gasteiger partial charge in [-0.2, -0.15) is 0 Å². The number of nitrogens with zero attached hydrogens (tertiary/aromatic N) is 4. The zero-order chi connectivity index (χ0) is 14.1. The second-order valence-electron chi connectivity index (χ2n) is 3.60. The maximum Gasteiger partial charge on any atom is 0.362 e. The molecule has 0 fully saturated rings. The van der Waals surface area contributed by atoms with Crippen molar-refractivity contribution in [1.82, 2.24) is 20.4 Å². The molecule has 0 bridgehead atoms. The van der Waals surface area contributed by atoms with Crippen LogP contribution in [-0.2, 0) is 0 Å². The van der Waals surface area contributed by atoms with Crippen LogP contribution in [0.25, 0.3) is 22.4 Å². The predicted octanol–water partition coefficient (Wildman–Crippen LogP) is 2.10. The van der Waals surface area contributed by atoms with Gasteiger partial charge < -0.3 is 9.15 Å². The Morgan fingerprint density at radius 1 is 1.45 bits per heavy atom.